The van der Waals surface area contributed by atoms with Crippen molar-refractivity contribution in [2.75, 3.05) is 0 Å². The van der Waals surface area contributed by atoms with Gasteiger partial charge in [-0.3, -0.25) is 0 Å². The first-order valence-corrected chi connectivity index (χ1v) is 26.9. The van der Waals surface area contributed by atoms with E-state index in [0.29, 0.717) is 7.25 Å². The number of unbranched alkanes of at least 4 members (excludes halogenated alkanes) is 6. The van der Waals surface area contributed by atoms with E-state index in [4.69, 9.17) is 0 Å². The van der Waals surface area contributed by atoms with Crippen LogP contribution in [0.5, 0.6) is 0 Å². The number of halogens is 2. The van der Waals surface area contributed by atoms with Crippen LogP contribution in [0.1, 0.15) is 145 Å². The van der Waals surface area contributed by atoms with Crippen molar-refractivity contribution in [1.29, 1.82) is 0 Å². The molecule has 1 heterocycles. The normalized spacial score (nSPS) is 17.4. The van der Waals surface area contributed by atoms with Crippen molar-refractivity contribution in [3.05, 3.63) is 129 Å². The van der Waals surface area contributed by atoms with E-state index in [-0.39, 0.29) is 24.8 Å². The van der Waals surface area contributed by atoms with E-state index >= 15 is 0 Å². The fourth-order valence-corrected chi connectivity index (χ4v) is 20.2. The summed E-state index contributed by atoms with van der Waals surface area (Å²) >= 11 is -0.963. The van der Waals surface area contributed by atoms with E-state index < -0.39 is 31.3 Å². The molecule has 4 aromatic carbocycles. The Morgan fingerprint density at radius 1 is 0.463 bits per heavy atom. The molecule has 0 saturated heterocycles. The molecule has 2 atom stereocenters. The molecule has 0 fully saturated rings. The standard InChI is InChI=1S/C50H62Si.2ClH.Zr/c1-7-11-13-15-21-37-27-31-39(32-28-37)45-25-17-23-41-35-43(19-9-3)49(47(41)45)51(5,6)50-44(20-10-4)36-42-24-18-26-46(48(42)50)40-33-29-38(30-34-40)22-16-14-12-8-2;;;/h17-18,23-36H,7-16,19-22H2,1-6H3;2*1H;/q;;;+2/p-2. The zero-order chi connectivity index (χ0) is 36.2. The summed E-state index contributed by atoms with van der Waals surface area (Å²) in [6.45, 7) is 15.0. The number of benzene rings is 4. The molecule has 3 aliphatic rings. The van der Waals surface area contributed by atoms with Crippen molar-refractivity contribution < 1.29 is 48.0 Å². The van der Waals surface area contributed by atoms with Crippen LogP contribution >= 0.6 is 0 Å². The summed E-state index contributed by atoms with van der Waals surface area (Å²) in [4.78, 5) is 0. The van der Waals surface area contributed by atoms with Crippen molar-refractivity contribution in [2.45, 2.75) is 138 Å². The monoisotopic (exact) mass is 850 g/mol. The summed E-state index contributed by atoms with van der Waals surface area (Å²) in [5, 5.41) is 3.64. The van der Waals surface area contributed by atoms with Gasteiger partial charge >= 0.3 is 305 Å². The van der Waals surface area contributed by atoms with Crippen molar-refractivity contribution in [1.82, 2.24) is 0 Å². The molecule has 0 saturated carbocycles. The third-order valence-electron chi connectivity index (χ3n) is 12.4. The number of fused-ring (bicyclic) bond motifs is 8. The molecule has 7 rings (SSSR count). The number of rotatable bonds is 16. The van der Waals surface area contributed by atoms with Gasteiger partial charge in [-0.2, -0.15) is 0 Å². The van der Waals surface area contributed by atoms with Gasteiger partial charge in [0.05, 0.1) is 0 Å². The molecule has 2 unspecified atom stereocenters. The van der Waals surface area contributed by atoms with Crippen LogP contribution < -0.4 is 24.8 Å². The predicted molar refractivity (Wildman–Crippen MR) is 226 cm³/mol. The van der Waals surface area contributed by atoms with E-state index in [1.54, 1.807) is 22.3 Å². The fraction of sp³-hybridized carbons (Fsp3) is 0.440. The molecule has 4 bridgehead atoms. The van der Waals surface area contributed by atoms with Crippen LogP contribution in [-0.2, 0) is 36.1 Å². The molecule has 0 amide bonds. The number of aryl methyl sites for hydroxylation is 2. The summed E-state index contributed by atoms with van der Waals surface area (Å²) in [5.74, 6) is 0. The first-order valence-electron chi connectivity index (χ1n) is 21.1. The second-order valence-electron chi connectivity index (χ2n) is 16.5. The van der Waals surface area contributed by atoms with Crippen molar-refractivity contribution in [3.63, 3.8) is 0 Å². The maximum absolute atomic E-state index is 2.75. The van der Waals surface area contributed by atoms with Crippen molar-refractivity contribution >= 4 is 18.5 Å². The second-order valence-corrected chi connectivity index (χ2v) is 24.4. The number of hydrogen-bond acceptors (Lipinski definition) is 0. The fourth-order valence-electron chi connectivity index (χ4n) is 10.0. The SMILES string of the molecule is CCCCCCc1ccc(-c2cccc3c2C2=C(CCC)[CH]3[Zr+2][CH]3C(CCC)=C(c4c(-c5ccc(CCCCCC)cc5)cccc43)[Si]2(C)C)cc1.[Cl-].[Cl-]. The Labute approximate surface area is 353 Å². The van der Waals surface area contributed by atoms with Crippen LogP contribution in [0.15, 0.2) is 96.1 Å². The van der Waals surface area contributed by atoms with E-state index in [1.165, 1.54) is 123 Å². The Morgan fingerprint density at radius 3 is 1.24 bits per heavy atom. The summed E-state index contributed by atoms with van der Waals surface area (Å²) in [5.41, 5.74) is 19.3. The molecule has 4 heteroatoms. The molecule has 0 nitrogen and oxygen atoms in total. The van der Waals surface area contributed by atoms with Crippen LogP contribution in [0.2, 0.25) is 13.1 Å². The van der Waals surface area contributed by atoms with Gasteiger partial charge in [-0.25, -0.2) is 0 Å². The zero-order valence-corrected chi connectivity index (χ0v) is 38.9. The van der Waals surface area contributed by atoms with E-state index in [9.17, 15) is 0 Å². The Bertz CT molecular complexity index is 1800. The summed E-state index contributed by atoms with van der Waals surface area (Å²) in [6.07, 6.45) is 18.0. The minimum Gasteiger partial charge on any atom is -1.00 e. The molecule has 1 aliphatic heterocycles. The van der Waals surface area contributed by atoms with Crippen molar-refractivity contribution in [3.8, 4) is 22.3 Å². The van der Waals surface area contributed by atoms with E-state index in [1.807, 2.05) is 21.5 Å². The molecular formula is C50H62Cl2SiZr. The van der Waals surface area contributed by atoms with Gasteiger partial charge < -0.3 is 24.8 Å². The molecule has 0 N–H and O–H groups in total. The maximum atomic E-state index is 2.75. The van der Waals surface area contributed by atoms with Crippen LogP contribution in [-0.4, -0.2) is 8.07 Å². The zero-order valence-electron chi connectivity index (χ0n) is 33.9. The second kappa shape index (κ2) is 19.5. The smallest absolute Gasteiger partial charge is 1.00 e. The number of allylic oxidation sites excluding steroid dienone is 2. The van der Waals surface area contributed by atoms with E-state index in [0.717, 1.165) is 0 Å². The molecule has 54 heavy (non-hydrogen) atoms. The Kier molecular flexibility index (Phi) is 15.6. The number of hydrogen-bond donors (Lipinski definition) is 0. The van der Waals surface area contributed by atoms with Gasteiger partial charge in [-0.15, -0.1) is 0 Å². The maximum Gasteiger partial charge on any atom is -1.00 e. The predicted octanol–water partition coefficient (Wildman–Crippen LogP) is 9.07. The topological polar surface area (TPSA) is 0 Å². The van der Waals surface area contributed by atoms with Crippen molar-refractivity contribution in [2.24, 2.45) is 0 Å². The third kappa shape index (κ3) is 8.35. The Morgan fingerprint density at radius 2 is 0.870 bits per heavy atom. The molecule has 2 aliphatic carbocycles. The average Bonchev–Trinajstić information content (AvgIpc) is 3.67. The summed E-state index contributed by atoms with van der Waals surface area (Å²) in [7, 11) is -2.17. The molecule has 0 spiro atoms. The van der Waals surface area contributed by atoms with Gasteiger partial charge in [-0.05, 0) is 0 Å². The van der Waals surface area contributed by atoms with Gasteiger partial charge in [0, 0.05) is 0 Å². The molecule has 0 aromatic heterocycles. The third-order valence-corrected chi connectivity index (χ3v) is 21.0. The molecule has 4 aromatic rings. The summed E-state index contributed by atoms with van der Waals surface area (Å²) in [6, 6.07) is 34.4. The van der Waals surface area contributed by atoms with Crippen LogP contribution in [0.25, 0.3) is 32.6 Å². The van der Waals surface area contributed by atoms with Gasteiger partial charge in [0.2, 0.25) is 0 Å². The van der Waals surface area contributed by atoms with E-state index in [2.05, 4.69) is 126 Å². The van der Waals surface area contributed by atoms with Gasteiger partial charge in [0.25, 0.3) is 0 Å². The first kappa shape index (κ1) is 43.2. The minimum absolute atomic E-state index is 0. The van der Waals surface area contributed by atoms with Crippen LogP contribution in [0.3, 0.4) is 0 Å². The quantitative estimate of drug-likeness (QED) is 0.0781. The minimum atomic E-state index is -2.17. The van der Waals surface area contributed by atoms with Gasteiger partial charge in [0.1, 0.15) is 0 Å². The van der Waals surface area contributed by atoms with Crippen LogP contribution in [0, 0.1) is 0 Å². The largest absolute Gasteiger partial charge is 1.00 e. The first-order chi connectivity index (χ1) is 25.4. The Hall–Kier alpha value is -1.96. The molecular weight excluding hydrogens is 791 g/mol. The van der Waals surface area contributed by atoms with Gasteiger partial charge in [-0.1, -0.05) is 26.7 Å². The molecule has 0 radical (unpaired) electrons. The average molecular weight is 853 g/mol. The Balaban J connectivity index is 0.00000280. The van der Waals surface area contributed by atoms with Gasteiger partial charge in [0.15, 0.2) is 0 Å². The van der Waals surface area contributed by atoms with Crippen LogP contribution in [0.4, 0.5) is 0 Å². The molecule has 284 valence electrons. The summed E-state index contributed by atoms with van der Waals surface area (Å²) < 4.78 is 1.36.